The van der Waals surface area contributed by atoms with Gasteiger partial charge in [-0.15, -0.1) is 0 Å². The summed E-state index contributed by atoms with van der Waals surface area (Å²) in [6.07, 6.45) is 2.84. The van der Waals surface area contributed by atoms with Gasteiger partial charge in [-0.2, -0.15) is 0 Å². The summed E-state index contributed by atoms with van der Waals surface area (Å²) >= 11 is 6.21. The minimum Gasteiger partial charge on any atom is -0.868 e. The Balaban J connectivity index is 2.27. The predicted octanol–water partition coefficient (Wildman–Crippen LogP) is 3.82. The molecule has 3 rings (SSSR count). The van der Waals surface area contributed by atoms with Crippen LogP contribution in [-0.2, 0) is 17.4 Å². The highest BCUT2D eigenvalue weighted by molar-refractivity contribution is 7.96. The molecule has 2 aromatic carbocycles. The third-order valence-corrected chi connectivity index (χ3v) is 7.38. The number of hydrogen-bond donors (Lipinski definition) is 0. The van der Waals surface area contributed by atoms with Crippen LogP contribution in [0, 0.1) is 0 Å². The van der Waals surface area contributed by atoms with Gasteiger partial charge < -0.3 is 19.3 Å². The SMILES string of the molecule is CCC[S+](C)c1c([O-])c2ccc(Cl)cc2n(Cc2cc(OC)c(OC)c(OC)c2)c1=O. The third kappa shape index (κ3) is 4.43. The molecular formula is C23H26ClNO5S. The van der Waals surface area contributed by atoms with E-state index in [1.165, 1.54) is 7.11 Å². The Morgan fingerprint density at radius 1 is 1.06 bits per heavy atom. The summed E-state index contributed by atoms with van der Waals surface area (Å²) in [5.41, 5.74) is 0.996. The Bertz CT molecular complexity index is 1140. The first-order valence-electron chi connectivity index (χ1n) is 9.80. The summed E-state index contributed by atoms with van der Waals surface area (Å²) in [7, 11) is 4.17. The van der Waals surface area contributed by atoms with Gasteiger partial charge in [-0.25, -0.2) is 0 Å². The predicted molar refractivity (Wildman–Crippen MR) is 125 cm³/mol. The van der Waals surface area contributed by atoms with Crippen molar-refractivity contribution in [3.63, 3.8) is 0 Å². The first kappa shape index (κ1) is 23.2. The van der Waals surface area contributed by atoms with Gasteiger partial charge in [0.15, 0.2) is 11.5 Å². The van der Waals surface area contributed by atoms with Crippen LogP contribution in [0.2, 0.25) is 5.02 Å². The molecule has 8 heteroatoms. The van der Waals surface area contributed by atoms with Gasteiger partial charge in [0.2, 0.25) is 10.6 Å². The number of ether oxygens (including phenoxy) is 3. The molecule has 0 saturated carbocycles. The summed E-state index contributed by atoms with van der Waals surface area (Å²) in [6, 6.07) is 8.63. The highest BCUT2D eigenvalue weighted by Crippen LogP contribution is 2.39. The van der Waals surface area contributed by atoms with Gasteiger partial charge in [-0.1, -0.05) is 24.6 Å². The summed E-state index contributed by atoms with van der Waals surface area (Å²) in [5.74, 6) is 2.04. The smallest absolute Gasteiger partial charge is 0.306 e. The second kappa shape index (κ2) is 9.75. The Kier molecular flexibility index (Phi) is 7.28. The summed E-state index contributed by atoms with van der Waals surface area (Å²) in [5, 5.41) is 14.1. The first-order valence-corrected chi connectivity index (χ1v) is 12.0. The Hall–Kier alpha value is -2.51. The van der Waals surface area contributed by atoms with Crippen LogP contribution in [0.15, 0.2) is 40.0 Å². The van der Waals surface area contributed by atoms with Gasteiger partial charge in [0.1, 0.15) is 12.0 Å². The molecule has 0 fully saturated rings. The number of aromatic nitrogens is 1. The maximum Gasteiger partial charge on any atom is 0.306 e. The Morgan fingerprint density at radius 3 is 2.26 bits per heavy atom. The molecule has 3 aromatic rings. The van der Waals surface area contributed by atoms with Gasteiger partial charge in [0, 0.05) is 15.9 Å². The van der Waals surface area contributed by atoms with Crippen molar-refractivity contribution in [3.8, 4) is 23.0 Å². The van der Waals surface area contributed by atoms with Crippen LogP contribution in [0.5, 0.6) is 23.0 Å². The molecule has 0 aliphatic carbocycles. The molecule has 0 aliphatic rings. The second-order valence-electron chi connectivity index (χ2n) is 7.09. The standard InChI is InChI=1S/C23H26ClNO5S/c1-6-9-31(5)22-20(26)16-8-7-15(24)12-17(16)25(23(22)27)13-14-10-18(28-2)21(30-4)19(11-14)29-3/h7-8,10-12H,6,9,13H2,1-5H3. The number of fused-ring (bicyclic) bond motifs is 1. The third-order valence-electron chi connectivity index (χ3n) is 5.06. The molecule has 0 N–H and O–H groups in total. The minimum atomic E-state index is -0.452. The Labute approximate surface area is 189 Å². The average Bonchev–Trinajstić information content (AvgIpc) is 2.75. The molecule has 0 bridgehead atoms. The average molecular weight is 464 g/mol. The highest BCUT2D eigenvalue weighted by Gasteiger charge is 2.25. The largest absolute Gasteiger partial charge is 0.868 e. The quantitative estimate of drug-likeness (QED) is 0.475. The number of nitrogens with zero attached hydrogens (tertiary/aromatic N) is 1. The van der Waals surface area contributed by atoms with Gasteiger partial charge >= 0.3 is 5.56 Å². The van der Waals surface area contributed by atoms with E-state index in [9.17, 15) is 9.90 Å². The molecule has 0 amide bonds. The number of benzene rings is 2. The number of halogens is 1. The maximum atomic E-state index is 13.5. The molecule has 0 aliphatic heterocycles. The molecule has 1 atom stereocenters. The fourth-order valence-electron chi connectivity index (χ4n) is 3.65. The molecule has 0 spiro atoms. The van der Waals surface area contributed by atoms with E-state index < -0.39 is 10.9 Å². The van der Waals surface area contributed by atoms with Gasteiger partial charge in [0.25, 0.3) is 0 Å². The van der Waals surface area contributed by atoms with E-state index in [1.807, 2.05) is 13.2 Å². The van der Waals surface area contributed by atoms with E-state index in [0.29, 0.717) is 38.1 Å². The van der Waals surface area contributed by atoms with Crippen LogP contribution in [-0.4, -0.2) is 37.9 Å². The molecule has 1 heterocycles. The monoisotopic (exact) mass is 463 g/mol. The zero-order chi connectivity index (χ0) is 22.7. The van der Waals surface area contributed by atoms with E-state index in [-0.39, 0.29) is 17.9 Å². The molecule has 0 saturated heterocycles. The van der Waals surface area contributed by atoms with Crippen molar-refractivity contribution in [3.05, 3.63) is 51.3 Å². The molecule has 31 heavy (non-hydrogen) atoms. The van der Waals surface area contributed by atoms with Crippen molar-refractivity contribution in [1.29, 1.82) is 0 Å². The second-order valence-corrected chi connectivity index (χ2v) is 9.61. The van der Waals surface area contributed by atoms with E-state index in [2.05, 4.69) is 0 Å². The van der Waals surface area contributed by atoms with E-state index in [1.54, 1.807) is 49.1 Å². The van der Waals surface area contributed by atoms with Gasteiger partial charge in [-0.3, -0.25) is 9.36 Å². The topological polar surface area (TPSA) is 72.8 Å². The number of methoxy groups -OCH3 is 3. The zero-order valence-corrected chi connectivity index (χ0v) is 19.9. The fraction of sp³-hybridized carbons (Fsp3) is 0.348. The van der Waals surface area contributed by atoms with Crippen LogP contribution < -0.4 is 24.9 Å². The minimum absolute atomic E-state index is 0.211. The van der Waals surface area contributed by atoms with E-state index >= 15 is 0 Å². The van der Waals surface area contributed by atoms with Gasteiger partial charge in [0.05, 0.1) is 33.4 Å². The van der Waals surface area contributed by atoms with Crippen LogP contribution in [0.3, 0.4) is 0 Å². The lowest BCUT2D eigenvalue weighted by Gasteiger charge is -2.20. The first-order chi connectivity index (χ1) is 14.9. The zero-order valence-electron chi connectivity index (χ0n) is 18.3. The molecule has 6 nitrogen and oxygen atoms in total. The van der Waals surface area contributed by atoms with Crippen LogP contribution >= 0.6 is 11.6 Å². The molecule has 0 radical (unpaired) electrons. The van der Waals surface area contributed by atoms with Crippen molar-refractivity contribution in [2.24, 2.45) is 0 Å². The number of hydrogen-bond acceptors (Lipinski definition) is 5. The van der Waals surface area contributed by atoms with E-state index in [0.717, 1.165) is 17.7 Å². The highest BCUT2D eigenvalue weighted by atomic mass is 35.5. The maximum absolute atomic E-state index is 13.5. The molecular weight excluding hydrogens is 438 g/mol. The lowest BCUT2D eigenvalue weighted by molar-refractivity contribution is -0.270. The summed E-state index contributed by atoms with van der Waals surface area (Å²) in [4.78, 5) is 13.8. The molecule has 1 aromatic heterocycles. The van der Waals surface area contributed by atoms with Crippen molar-refractivity contribution in [1.82, 2.24) is 4.57 Å². The normalized spacial score (nSPS) is 12.1. The lowest BCUT2D eigenvalue weighted by atomic mass is 10.1. The van der Waals surface area contributed by atoms with Gasteiger partial charge in [-0.05, 0) is 47.4 Å². The summed E-state index contributed by atoms with van der Waals surface area (Å²) < 4.78 is 17.9. The molecule has 1 unspecified atom stereocenters. The Morgan fingerprint density at radius 2 is 1.71 bits per heavy atom. The van der Waals surface area contributed by atoms with Crippen LogP contribution in [0.1, 0.15) is 18.9 Å². The lowest BCUT2D eigenvalue weighted by Crippen LogP contribution is -2.29. The van der Waals surface area contributed by atoms with Crippen molar-refractivity contribution >= 4 is 33.4 Å². The fourth-order valence-corrected chi connectivity index (χ4v) is 5.47. The van der Waals surface area contributed by atoms with Crippen LogP contribution in [0.4, 0.5) is 0 Å². The van der Waals surface area contributed by atoms with Crippen molar-refractivity contribution in [2.75, 3.05) is 33.3 Å². The number of pyridine rings is 1. The van der Waals surface area contributed by atoms with Crippen molar-refractivity contribution in [2.45, 2.75) is 24.8 Å². The summed E-state index contributed by atoms with van der Waals surface area (Å²) in [6.45, 7) is 2.27. The van der Waals surface area contributed by atoms with Crippen molar-refractivity contribution < 1.29 is 19.3 Å². The van der Waals surface area contributed by atoms with Crippen LogP contribution in [0.25, 0.3) is 10.9 Å². The molecule has 166 valence electrons. The number of rotatable bonds is 8. The van der Waals surface area contributed by atoms with E-state index in [4.69, 9.17) is 25.8 Å².